The van der Waals surface area contributed by atoms with Crippen LogP contribution < -0.4 is 0 Å². The molecule has 0 spiro atoms. The van der Waals surface area contributed by atoms with Gasteiger partial charge in [0.15, 0.2) is 0 Å². The second-order valence-corrected chi connectivity index (χ2v) is 7.71. The van der Waals surface area contributed by atoms with Crippen LogP contribution >= 0.6 is 11.6 Å². The molecule has 2 aliphatic heterocycles. The number of piperidine rings is 1. The van der Waals surface area contributed by atoms with E-state index >= 15 is 0 Å². The largest absolute Gasteiger partial charge is 0.465 e. The predicted octanol–water partition coefficient (Wildman–Crippen LogP) is 1.04. The number of hydrogen-bond donors (Lipinski definition) is 2. The van der Waals surface area contributed by atoms with E-state index in [0.29, 0.717) is 0 Å². The number of carbonyl (C=O) groups excluding carboxylic acids is 2. The normalized spacial score (nSPS) is 18.8. The van der Waals surface area contributed by atoms with Gasteiger partial charge in [-0.15, -0.1) is 0 Å². The summed E-state index contributed by atoms with van der Waals surface area (Å²) in [5.41, 5.74) is -1.68. The number of nitro benzene ring substituents is 1. The fourth-order valence-corrected chi connectivity index (χ4v) is 3.91. The lowest BCUT2D eigenvalue weighted by Gasteiger charge is -2.41. The van der Waals surface area contributed by atoms with Crippen LogP contribution in [0, 0.1) is 10.1 Å². The molecule has 0 unspecified atom stereocenters. The van der Waals surface area contributed by atoms with Gasteiger partial charge < -0.3 is 24.9 Å². The number of non-ortho nitro benzene ring substituents is 1. The first-order valence-corrected chi connectivity index (χ1v) is 9.73. The van der Waals surface area contributed by atoms with Crippen molar-refractivity contribution in [3.63, 3.8) is 0 Å². The summed E-state index contributed by atoms with van der Waals surface area (Å²) in [4.78, 5) is 50.8. The molecule has 3 rings (SSSR count). The maximum Gasteiger partial charge on any atom is 0.407 e. The molecular formula is C18H21ClN4O7. The molecular weight excluding hydrogens is 420 g/mol. The van der Waals surface area contributed by atoms with Crippen LogP contribution in [0.2, 0.25) is 5.02 Å². The molecule has 0 atom stereocenters. The van der Waals surface area contributed by atoms with Crippen molar-refractivity contribution < 1.29 is 29.5 Å². The highest BCUT2D eigenvalue weighted by Gasteiger charge is 2.43. The van der Waals surface area contributed by atoms with E-state index in [1.807, 2.05) is 0 Å². The number of hydrogen-bond acceptors (Lipinski definition) is 6. The number of carboxylic acid groups (broad SMARTS) is 1. The highest BCUT2D eigenvalue weighted by molar-refractivity contribution is 6.34. The SMILES string of the molecule is O=C(O)N1CCC(O)(C(=O)N2CCN(C(=O)c3ccc([N+](=O)[O-])cc3Cl)CC2)CC1. The molecule has 1 aromatic rings. The second-order valence-electron chi connectivity index (χ2n) is 7.31. The van der Waals surface area contributed by atoms with Crippen molar-refractivity contribution in [1.82, 2.24) is 14.7 Å². The standard InChI is InChI=1S/C18H21ClN4O7/c19-14-11-12(23(29)30)1-2-13(14)15(24)20-7-9-21(10-8-20)16(25)18(28)3-5-22(6-4-18)17(26)27/h1-2,11,28H,3-10H2,(H,26,27). The van der Waals surface area contributed by atoms with E-state index in [2.05, 4.69) is 0 Å². The minimum Gasteiger partial charge on any atom is -0.465 e. The van der Waals surface area contributed by atoms with Crippen molar-refractivity contribution in [2.75, 3.05) is 39.3 Å². The van der Waals surface area contributed by atoms with Crippen LogP contribution in [0.5, 0.6) is 0 Å². The third kappa shape index (κ3) is 4.31. The van der Waals surface area contributed by atoms with Gasteiger partial charge in [-0.2, -0.15) is 0 Å². The Bertz CT molecular complexity index is 877. The van der Waals surface area contributed by atoms with Crippen LogP contribution in [0.1, 0.15) is 23.2 Å². The van der Waals surface area contributed by atoms with Gasteiger partial charge in [0.2, 0.25) is 0 Å². The minimum absolute atomic E-state index is 0.0211. The average Bonchev–Trinajstić information content (AvgIpc) is 2.73. The van der Waals surface area contributed by atoms with E-state index < -0.39 is 28.4 Å². The molecule has 2 saturated heterocycles. The summed E-state index contributed by atoms with van der Waals surface area (Å²) >= 11 is 6.03. The third-order valence-electron chi connectivity index (χ3n) is 5.51. The first-order chi connectivity index (χ1) is 14.1. The Hall–Kier alpha value is -2.92. The monoisotopic (exact) mass is 440 g/mol. The summed E-state index contributed by atoms with van der Waals surface area (Å²) in [6.07, 6.45) is -1.03. The molecule has 0 aromatic heterocycles. The van der Waals surface area contributed by atoms with E-state index in [0.717, 1.165) is 11.0 Å². The van der Waals surface area contributed by atoms with Gasteiger partial charge in [0.25, 0.3) is 17.5 Å². The molecule has 3 amide bonds. The quantitative estimate of drug-likeness (QED) is 0.527. The molecule has 11 nitrogen and oxygen atoms in total. The molecule has 2 fully saturated rings. The highest BCUT2D eigenvalue weighted by Crippen LogP contribution is 2.27. The zero-order chi connectivity index (χ0) is 22.1. The van der Waals surface area contributed by atoms with Crippen LogP contribution in [0.25, 0.3) is 0 Å². The van der Waals surface area contributed by atoms with Crippen LogP contribution in [-0.2, 0) is 4.79 Å². The van der Waals surface area contributed by atoms with Gasteiger partial charge in [0.05, 0.1) is 15.5 Å². The lowest BCUT2D eigenvalue weighted by molar-refractivity contribution is -0.384. The Morgan fingerprint density at radius 2 is 1.57 bits per heavy atom. The zero-order valence-corrected chi connectivity index (χ0v) is 16.7. The summed E-state index contributed by atoms with van der Waals surface area (Å²) in [6, 6.07) is 3.63. The maximum atomic E-state index is 12.8. The van der Waals surface area contributed by atoms with Crippen molar-refractivity contribution in [3.8, 4) is 0 Å². The van der Waals surface area contributed by atoms with Crippen molar-refractivity contribution >= 4 is 35.2 Å². The van der Waals surface area contributed by atoms with Gasteiger partial charge >= 0.3 is 6.09 Å². The number of amides is 3. The summed E-state index contributed by atoms with van der Waals surface area (Å²) in [7, 11) is 0. The number of benzene rings is 1. The molecule has 0 saturated carbocycles. The van der Waals surface area contributed by atoms with Crippen LogP contribution in [0.15, 0.2) is 18.2 Å². The number of rotatable bonds is 3. The summed E-state index contributed by atoms with van der Waals surface area (Å²) in [5.74, 6) is -0.858. The first-order valence-electron chi connectivity index (χ1n) is 9.35. The predicted molar refractivity (Wildman–Crippen MR) is 104 cm³/mol. The molecule has 0 radical (unpaired) electrons. The molecule has 30 heavy (non-hydrogen) atoms. The van der Waals surface area contributed by atoms with E-state index in [9.17, 15) is 29.6 Å². The molecule has 0 bridgehead atoms. The Kier molecular flexibility index (Phi) is 6.13. The van der Waals surface area contributed by atoms with E-state index in [1.165, 1.54) is 21.9 Å². The summed E-state index contributed by atoms with van der Waals surface area (Å²) in [5, 5.41) is 30.5. The van der Waals surface area contributed by atoms with Crippen LogP contribution in [-0.4, -0.2) is 92.6 Å². The Morgan fingerprint density at radius 3 is 2.07 bits per heavy atom. The summed E-state index contributed by atoms with van der Waals surface area (Å²) < 4.78 is 0. The zero-order valence-electron chi connectivity index (χ0n) is 16.0. The van der Waals surface area contributed by atoms with Crippen molar-refractivity contribution in [2.24, 2.45) is 0 Å². The molecule has 12 heteroatoms. The van der Waals surface area contributed by atoms with Gasteiger partial charge in [0, 0.05) is 64.2 Å². The van der Waals surface area contributed by atoms with Gasteiger partial charge in [-0.3, -0.25) is 19.7 Å². The Labute approximate surface area is 176 Å². The van der Waals surface area contributed by atoms with E-state index in [1.54, 1.807) is 0 Å². The smallest absolute Gasteiger partial charge is 0.407 e. The van der Waals surface area contributed by atoms with Crippen molar-refractivity contribution in [1.29, 1.82) is 0 Å². The molecule has 2 N–H and O–H groups in total. The highest BCUT2D eigenvalue weighted by atomic mass is 35.5. The molecule has 1 aromatic carbocycles. The first kappa shape index (κ1) is 21.8. The maximum absolute atomic E-state index is 12.8. The van der Waals surface area contributed by atoms with Crippen molar-refractivity contribution in [2.45, 2.75) is 18.4 Å². The van der Waals surface area contributed by atoms with Gasteiger partial charge in [-0.1, -0.05) is 11.6 Å². The minimum atomic E-state index is -1.61. The molecule has 2 heterocycles. The number of halogens is 1. The number of carbonyl (C=O) groups is 3. The van der Waals surface area contributed by atoms with E-state index in [-0.39, 0.29) is 68.4 Å². The number of nitro groups is 1. The number of nitrogens with zero attached hydrogens (tertiary/aromatic N) is 4. The fraction of sp³-hybridized carbons (Fsp3) is 0.500. The fourth-order valence-electron chi connectivity index (χ4n) is 3.65. The number of piperazine rings is 1. The van der Waals surface area contributed by atoms with Crippen LogP contribution in [0.4, 0.5) is 10.5 Å². The van der Waals surface area contributed by atoms with Gasteiger partial charge in [-0.25, -0.2) is 4.79 Å². The lowest BCUT2D eigenvalue weighted by atomic mass is 9.89. The topological polar surface area (TPSA) is 145 Å². The van der Waals surface area contributed by atoms with Gasteiger partial charge in [0.1, 0.15) is 5.60 Å². The van der Waals surface area contributed by atoms with Gasteiger partial charge in [-0.05, 0) is 6.07 Å². The summed E-state index contributed by atoms with van der Waals surface area (Å²) in [6.45, 7) is 1.01. The number of likely N-dealkylation sites (tertiary alicyclic amines) is 1. The molecule has 2 aliphatic rings. The van der Waals surface area contributed by atoms with E-state index in [4.69, 9.17) is 16.7 Å². The Morgan fingerprint density at radius 1 is 1.00 bits per heavy atom. The van der Waals surface area contributed by atoms with Crippen molar-refractivity contribution in [3.05, 3.63) is 38.9 Å². The lowest BCUT2D eigenvalue weighted by Crippen LogP contribution is -2.59. The number of aliphatic hydroxyl groups is 1. The molecule has 162 valence electrons. The second kappa shape index (κ2) is 8.44. The molecule has 0 aliphatic carbocycles. The average molecular weight is 441 g/mol. The third-order valence-corrected chi connectivity index (χ3v) is 5.82. The van der Waals surface area contributed by atoms with Crippen LogP contribution in [0.3, 0.4) is 0 Å². The Balaban J connectivity index is 1.59.